The van der Waals surface area contributed by atoms with Crippen LogP contribution in [0.3, 0.4) is 0 Å². The molecule has 0 radical (unpaired) electrons. The molecule has 0 spiro atoms. The van der Waals surface area contributed by atoms with Crippen LogP contribution >= 0.6 is 0 Å². The third kappa shape index (κ3) is 14.0. The fourth-order valence-electron chi connectivity index (χ4n) is 2.40. The Bertz CT molecular complexity index is 628. The molecule has 0 amide bonds. The maximum absolute atomic E-state index is 10.7. The number of likely N-dealkylation sites (N-methyl/N-ethyl adjacent to an activating group) is 1. The van der Waals surface area contributed by atoms with Gasteiger partial charge in [-0.3, -0.25) is 4.79 Å². The Morgan fingerprint density at radius 2 is 1.72 bits per heavy atom. The van der Waals surface area contributed by atoms with Crippen molar-refractivity contribution in [2.75, 3.05) is 26.8 Å². The van der Waals surface area contributed by atoms with E-state index >= 15 is 0 Å². The number of esters is 1. The van der Waals surface area contributed by atoms with Crippen molar-refractivity contribution < 1.29 is 23.8 Å². The summed E-state index contributed by atoms with van der Waals surface area (Å²) in [5.74, 6) is 0.145. The summed E-state index contributed by atoms with van der Waals surface area (Å²) in [5.41, 5.74) is 0.964. The van der Waals surface area contributed by atoms with E-state index in [1.807, 2.05) is 58.0 Å². The quantitative estimate of drug-likeness (QED) is 0.205. The second kappa shape index (κ2) is 18.4. The first-order chi connectivity index (χ1) is 15.1. The van der Waals surface area contributed by atoms with Crippen LogP contribution in [0.5, 0.6) is 0 Å². The summed E-state index contributed by atoms with van der Waals surface area (Å²) in [6.07, 6.45) is 0.174. The first-order valence-electron chi connectivity index (χ1n) is 11.3. The lowest BCUT2D eigenvalue weighted by Gasteiger charge is -2.34. The smallest absolute Gasteiger partial charge is 0.333 e. The van der Waals surface area contributed by atoms with E-state index in [9.17, 15) is 9.59 Å². The summed E-state index contributed by atoms with van der Waals surface area (Å²) >= 11 is 0. The van der Waals surface area contributed by atoms with Crippen molar-refractivity contribution in [2.45, 2.75) is 73.0 Å². The Labute approximate surface area is 195 Å². The van der Waals surface area contributed by atoms with Gasteiger partial charge >= 0.3 is 5.97 Å². The first-order valence-corrected chi connectivity index (χ1v) is 11.3. The van der Waals surface area contributed by atoms with Crippen molar-refractivity contribution in [3.05, 3.63) is 48.0 Å². The zero-order valence-corrected chi connectivity index (χ0v) is 21.6. The summed E-state index contributed by atoms with van der Waals surface area (Å²) in [5, 5.41) is 2.86. The van der Waals surface area contributed by atoms with Gasteiger partial charge in [-0.05, 0) is 46.2 Å². The second-order valence-electron chi connectivity index (χ2n) is 8.08. The third-order valence-electron chi connectivity index (χ3n) is 4.79. The predicted molar refractivity (Wildman–Crippen MR) is 132 cm³/mol. The molecule has 6 heteroatoms. The maximum Gasteiger partial charge on any atom is 0.333 e. The fraction of sp³-hybridized carbons (Fsp3) is 0.615. The third-order valence-corrected chi connectivity index (χ3v) is 4.79. The zero-order valence-electron chi connectivity index (χ0n) is 21.6. The molecular formula is C26H45NO5. The Kier molecular flexibility index (Phi) is 18.4. The molecule has 0 bridgehead atoms. The van der Waals surface area contributed by atoms with E-state index in [1.165, 1.54) is 0 Å². The van der Waals surface area contributed by atoms with Gasteiger partial charge in [-0.1, -0.05) is 64.6 Å². The molecular weight excluding hydrogens is 406 g/mol. The molecule has 1 N–H and O–H groups in total. The highest BCUT2D eigenvalue weighted by atomic mass is 16.5. The van der Waals surface area contributed by atoms with Crippen molar-refractivity contribution in [3.8, 4) is 0 Å². The number of benzene rings is 1. The number of nitrogens with one attached hydrogen (secondary N) is 1. The van der Waals surface area contributed by atoms with Crippen LogP contribution in [-0.2, 0) is 23.8 Å². The largest absolute Gasteiger partial charge is 0.461 e. The fourth-order valence-corrected chi connectivity index (χ4v) is 2.40. The first kappa shape index (κ1) is 32.0. The molecule has 2 unspecified atom stereocenters. The van der Waals surface area contributed by atoms with Gasteiger partial charge in [-0.25, -0.2) is 4.79 Å². The molecule has 0 fully saturated rings. The Morgan fingerprint density at radius 3 is 2.16 bits per heavy atom. The summed E-state index contributed by atoms with van der Waals surface area (Å²) in [4.78, 5) is 21.4. The Morgan fingerprint density at radius 1 is 1.16 bits per heavy atom. The van der Waals surface area contributed by atoms with E-state index in [0.717, 1.165) is 5.56 Å². The molecule has 2 atom stereocenters. The molecule has 6 nitrogen and oxygen atoms in total. The Hall–Kier alpha value is -2.18. The van der Waals surface area contributed by atoms with Gasteiger partial charge in [0.15, 0.2) is 0 Å². The monoisotopic (exact) mass is 451 g/mol. The van der Waals surface area contributed by atoms with Gasteiger partial charge in [-0.15, -0.1) is 0 Å². The van der Waals surface area contributed by atoms with Crippen molar-refractivity contribution in [1.29, 1.82) is 0 Å². The van der Waals surface area contributed by atoms with Gasteiger partial charge in [0, 0.05) is 18.0 Å². The minimum absolute atomic E-state index is 0.00935. The number of hydrogen-bond acceptors (Lipinski definition) is 6. The van der Waals surface area contributed by atoms with Gasteiger partial charge < -0.3 is 19.5 Å². The van der Waals surface area contributed by atoms with Gasteiger partial charge in [0.1, 0.15) is 12.2 Å². The van der Waals surface area contributed by atoms with Crippen LogP contribution in [0.2, 0.25) is 0 Å². The van der Waals surface area contributed by atoms with Crippen LogP contribution in [-0.4, -0.2) is 51.0 Å². The highest BCUT2D eigenvalue weighted by Gasteiger charge is 2.33. The SMILES string of the molecule is C=C(C)C(=O)OCCNC.CC.CC(C)C(C)OCC(c1ccccc1)C(C)(C)OC=O. The molecule has 0 saturated carbocycles. The minimum Gasteiger partial charge on any atom is -0.461 e. The summed E-state index contributed by atoms with van der Waals surface area (Å²) < 4.78 is 16.0. The molecule has 1 aromatic carbocycles. The zero-order chi connectivity index (χ0) is 25.2. The molecule has 184 valence electrons. The molecule has 0 saturated heterocycles. The topological polar surface area (TPSA) is 73.9 Å². The van der Waals surface area contributed by atoms with E-state index in [0.29, 0.717) is 37.7 Å². The lowest BCUT2D eigenvalue weighted by Crippen LogP contribution is -2.36. The summed E-state index contributed by atoms with van der Waals surface area (Å²) in [6, 6.07) is 10.1. The number of hydrogen-bond donors (Lipinski definition) is 1. The van der Waals surface area contributed by atoms with E-state index in [-0.39, 0.29) is 18.0 Å². The van der Waals surface area contributed by atoms with Gasteiger partial charge in [0.25, 0.3) is 6.47 Å². The summed E-state index contributed by atoms with van der Waals surface area (Å²) in [6.45, 7) is 21.4. The van der Waals surface area contributed by atoms with E-state index in [1.54, 1.807) is 14.0 Å². The number of ether oxygens (including phenoxy) is 3. The van der Waals surface area contributed by atoms with Gasteiger partial charge in [-0.2, -0.15) is 0 Å². The average molecular weight is 452 g/mol. The molecule has 0 aliphatic rings. The van der Waals surface area contributed by atoms with Crippen LogP contribution in [0.25, 0.3) is 0 Å². The number of carbonyl (C=O) groups excluding carboxylic acids is 2. The predicted octanol–water partition coefficient (Wildman–Crippen LogP) is 5.13. The van der Waals surface area contributed by atoms with Crippen molar-refractivity contribution in [3.63, 3.8) is 0 Å². The van der Waals surface area contributed by atoms with E-state index in [4.69, 9.17) is 14.2 Å². The molecule has 0 aromatic heterocycles. The normalized spacial score (nSPS) is 12.3. The van der Waals surface area contributed by atoms with Gasteiger partial charge in [0.2, 0.25) is 0 Å². The molecule has 0 heterocycles. The van der Waals surface area contributed by atoms with Crippen LogP contribution in [0.4, 0.5) is 0 Å². The molecule has 0 aliphatic carbocycles. The van der Waals surface area contributed by atoms with E-state index < -0.39 is 5.60 Å². The number of carbonyl (C=O) groups is 2. The van der Waals surface area contributed by atoms with Crippen LogP contribution in [0, 0.1) is 5.92 Å². The van der Waals surface area contributed by atoms with Crippen LogP contribution in [0.15, 0.2) is 42.5 Å². The summed E-state index contributed by atoms with van der Waals surface area (Å²) in [7, 11) is 1.80. The molecule has 0 aliphatic heterocycles. The molecule has 32 heavy (non-hydrogen) atoms. The molecule has 1 rings (SSSR count). The number of rotatable bonds is 12. The van der Waals surface area contributed by atoms with Crippen molar-refractivity contribution in [1.82, 2.24) is 5.32 Å². The lowest BCUT2D eigenvalue weighted by atomic mass is 9.85. The lowest BCUT2D eigenvalue weighted by molar-refractivity contribution is -0.144. The van der Waals surface area contributed by atoms with Crippen LogP contribution < -0.4 is 5.32 Å². The highest BCUT2D eigenvalue weighted by molar-refractivity contribution is 5.86. The van der Waals surface area contributed by atoms with E-state index in [2.05, 4.69) is 32.7 Å². The second-order valence-corrected chi connectivity index (χ2v) is 8.08. The molecule has 1 aromatic rings. The van der Waals surface area contributed by atoms with Crippen LogP contribution in [0.1, 0.15) is 66.9 Å². The highest BCUT2D eigenvalue weighted by Crippen LogP contribution is 2.31. The van der Waals surface area contributed by atoms with Gasteiger partial charge in [0.05, 0.1) is 12.7 Å². The minimum atomic E-state index is -0.597. The standard InChI is InChI=1S/C17H26O3.C7H13NO2.C2H6/c1-13(2)14(3)19-11-16(17(4,5)20-12-18)15-9-7-6-8-10-15;1-6(2)7(9)10-5-4-8-3;1-2/h6-10,12-14,16H,11H2,1-5H3;8H,1,4-5H2,2-3H3;1-2H3. The Balaban J connectivity index is 0. The van der Waals surface area contributed by atoms with Crippen molar-refractivity contribution >= 4 is 12.4 Å². The van der Waals surface area contributed by atoms with Crippen molar-refractivity contribution in [2.24, 2.45) is 5.92 Å². The average Bonchev–Trinajstić information content (AvgIpc) is 2.76. The maximum atomic E-state index is 10.7.